The zero-order valence-corrected chi connectivity index (χ0v) is 14.6. The molecule has 10 heteroatoms. The summed E-state index contributed by atoms with van der Waals surface area (Å²) in [5.74, 6) is -1.12. The van der Waals surface area contributed by atoms with Gasteiger partial charge < -0.3 is 16.8 Å². The van der Waals surface area contributed by atoms with Crippen molar-refractivity contribution in [3.8, 4) is 0 Å². The monoisotopic (exact) mass is 370 g/mol. The number of nitrogens with zero attached hydrogens (tertiary/aromatic N) is 1. The molecule has 0 spiro atoms. The van der Waals surface area contributed by atoms with Crippen molar-refractivity contribution in [2.75, 3.05) is 11.1 Å². The highest BCUT2D eigenvalue weighted by molar-refractivity contribution is 8.01. The first-order valence-corrected chi connectivity index (χ1v) is 9.09. The van der Waals surface area contributed by atoms with Crippen molar-refractivity contribution in [2.45, 2.75) is 17.7 Å². The van der Waals surface area contributed by atoms with Gasteiger partial charge >= 0.3 is 0 Å². The Hall–Kier alpha value is -1.91. The quantitative estimate of drug-likeness (QED) is 0.634. The van der Waals surface area contributed by atoms with E-state index in [1.54, 1.807) is 18.4 Å². The molecule has 0 aliphatic rings. The summed E-state index contributed by atoms with van der Waals surface area (Å²) in [6.45, 7) is 1.80. The molecule has 23 heavy (non-hydrogen) atoms. The van der Waals surface area contributed by atoms with Gasteiger partial charge in [-0.2, -0.15) is 0 Å². The largest absolute Gasteiger partial charge is 0.369 e. The lowest BCUT2D eigenvalue weighted by Crippen LogP contribution is -2.17. The van der Waals surface area contributed by atoms with Gasteiger partial charge in [-0.3, -0.25) is 14.4 Å². The van der Waals surface area contributed by atoms with Crippen LogP contribution in [0.15, 0.2) is 15.8 Å². The molecule has 0 bridgehead atoms. The molecule has 5 N–H and O–H groups in total. The Balaban J connectivity index is 1.93. The third-order valence-corrected chi connectivity index (χ3v) is 5.85. The maximum atomic E-state index is 12.0. The average molecular weight is 370 g/mol. The topological polar surface area (TPSA) is 128 Å². The summed E-state index contributed by atoms with van der Waals surface area (Å²) >= 11 is 3.84. The molecule has 0 atom stereocenters. The van der Waals surface area contributed by atoms with E-state index in [0.717, 1.165) is 10.6 Å². The Morgan fingerprint density at radius 1 is 1.35 bits per heavy atom. The number of thioether (sulfide) groups is 1. The summed E-state index contributed by atoms with van der Waals surface area (Å²) in [7, 11) is 0. The van der Waals surface area contributed by atoms with Gasteiger partial charge in [0.25, 0.3) is 5.91 Å². The number of nitrogens with one attached hydrogen (secondary N) is 1. The Morgan fingerprint density at radius 2 is 2.09 bits per heavy atom. The van der Waals surface area contributed by atoms with E-state index in [4.69, 9.17) is 11.5 Å². The lowest BCUT2D eigenvalue weighted by molar-refractivity contribution is -0.117. The molecule has 2 aromatic heterocycles. The fourth-order valence-electron chi connectivity index (χ4n) is 1.68. The molecule has 2 heterocycles. The van der Waals surface area contributed by atoms with Crippen LogP contribution >= 0.6 is 34.4 Å². The number of aromatic nitrogens is 1. The molecule has 0 aromatic carbocycles. The standard InChI is InChI=1S/C13H14N4O3S3/c1-6-8(4-9(14)18)23-13(16-6)22-5-10(19)17-12-7(11(15)20)2-3-21-12/h2-3H,4-5H2,1H3,(H2,14,18)(H2,15,20)(H,17,19). The first-order valence-electron chi connectivity index (χ1n) is 6.41. The molecule has 0 saturated heterocycles. The third kappa shape index (κ3) is 4.78. The van der Waals surface area contributed by atoms with Gasteiger partial charge in [-0.1, -0.05) is 11.8 Å². The summed E-state index contributed by atoms with van der Waals surface area (Å²) in [5.41, 5.74) is 11.4. The summed E-state index contributed by atoms with van der Waals surface area (Å²) in [6, 6.07) is 1.57. The lowest BCUT2D eigenvalue weighted by Gasteiger charge is -2.03. The Labute approximate surface area is 144 Å². The predicted molar refractivity (Wildman–Crippen MR) is 91.9 cm³/mol. The van der Waals surface area contributed by atoms with Crippen LogP contribution < -0.4 is 16.8 Å². The number of amides is 3. The molecule has 0 unspecified atom stereocenters. The summed E-state index contributed by atoms with van der Waals surface area (Å²) in [6.07, 6.45) is 0.146. The van der Waals surface area contributed by atoms with Crippen LogP contribution in [0.2, 0.25) is 0 Å². The number of thiazole rings is 1. The first kappa shape index (κ1) is 17.4. The molecule has 0 aliphatic heterocycles. The van der Waals surface area contributed by atoms with Gasteiger partial charge in [-0.05, 0) is 18.4 Å². The van der Waals surface area contributed by atoms with Crippen LogP contribution in [0.25, 0.3) is 0 Å². The normalized spacial score (nSPS) is 10.5. The van der Waals surface area contributed by atoms with Gasteiger partial charge in [0.15, 0.2) is 4.34 Å². The molecule has 7 nitrogen and oxygen atoms in total. The van der Waals surface area contributed by atoms with Gasteiger partial charge in [0, 0.05) is 4.88 Å². The number of thiophene rings is 1. The van der Waals surface area contributed by atoms with Crippen LogP contribution in [0.3, 0.4) is 0 Å². The second kappa shape index (κ2) is 7.57. The van der Waals surface area contributed by atoms with E-state index in [2.05, 4.69) is 10.3 Å². The Bertz CT molecular complexity index is 753. The lowest BCUT2D eigenvalue weighted by atomic mass is 10.3. The highest BCUT2D eigenvalue weighted by atomic mass is 32.2. The van der Waals surface area contributed by atoms with Crippen molar-refractivity contribution in [2.24, 2.45) is 11.5 Å². The van der Waals surface area contributed by atoms with Crippen molar-refractivity contribution < 1.29 is 14.4 Å². The zero-order valence-electron chi connectivity index (χ0n) is 12.1. The van der Waals surface area contributed by atoms with Crippen molar-refractivity contribution in [3.63, 3.8) is 0 Å². The number of hydrogen-bond acceptors (Lipinski definition) is 7. The number of nitrogens with two attached hydrogens (primary N) is 2. The van der Waals surface area contributed by atoms with Gasteiger partial charge in [-0.25, -0.2) is 4.98 Å². The molecule has 0 aliphatic carbocycles. The van der Waals surface area contributed by atoms with Crippen molar-refractivity contribution in [1.82, 2.24) is 4.98 Å². The van der Waals surface area contributed by atoms with E-state index in [0.29, 0.717) is 14.9 Å². The highest BCUT2D eigenvalue weighted by Crippen LogP contribution is 2.28. The molecule has 0 saturated carbocycles. The van der Waals surface area contributed by atoms with Gasteiger partial charge in [-0.15, -0.1) is 22.7 Å². The van der Waals surface area contributed by atoms with Crippen molar-refractivity contribution in [1.29, 1.82) is 0 Å². The van der Waals surface area contributed by atoms with Gasteiger partial charge in [0.1, 0.15) is 5.00 Å². The number of carbonyl (C=O) groups excluding carboxylic acids is 3. The molecule has 122 valence electrons. The minimum absolute atomic E-state index is 0.138. The molecule has 3 amide bonds. The number of hydrogen-bond donors (Lipinski definition) is 3. The van der Waals surface area contributed by atoms with E-state index in [9.17, 15) is 14.4 Å². The van der Waals surface area contributed by atoms with Gasteiger partial charge in [0.05, 0.1) is 23.4 Å². The molecular formula is C13H14N4O3S3. The maximum Gasteiger partial charge on any atom is 0.251 e. The van der Waals surface area contributed by atoms with Crippen molar-refractivity contribution >= 4 is 57.2 Å². The van der Waals surface area contributed by atoms with Crippen LogP contribution in [0.1, 0.15) is 20.9 Å². The second-order valence-electron chi connectivity index (χ2n) is 4.50. The fraction of sp³-hybridized carbons (Fsp3) is 0.231. The Kier molecular flexibility index (Phi) is 5.74. The molecule has 2 aromatic rings. The predicted octanol–water partition coefficient (Wildman–Crippen LogP) is 1.37. The minimum atomic E-state index is -0.583. The smallest absolute Gasteiger partial charge is 0.251 e. The second-order valence-corrected chi connectivity index (χ2v) is 7.72. The number of primary amides is 2. The SMILES string of the molecule is Cc1nc(SCC(=O)Nc2sccc2C(N)=O)sc1CC(N)=O. The first-order chi connectivity index (χ1) is 10.9. The van der Waals surface area contributed by atoms with E-state index in [1.165, 1.54) is 34.4 Å². The molecule has 0 radical (unpaired) electrons. The van der Waals surface area contributed by atoms with Crippen LogP contribution in [0.4, 0.5) is 5.00 Å². The zero-order chi connectivity index (χ0) is 17.0. The number of rotatable bonds is 7. The van der Waals surface area contributed by atoms with Crippen molar-refractivity contribution in [3.05, 3.63) is 27.6 Å². The van der Waals surface area contributed by atoms with E-state index in [1.807, 2.05) is 0 Å². The van der Waals surface area contributed by atoms with Crippen LogP contribution in [0, 0.1) is 6.92 Å². The van der Waals surface area contributed by atoms with E-state index in [-0.39, 0.29) is 18.1 Å². The minimum Gasteiger partial charge on any atom is -0.369 e. The van der Waals surface area contributed by atoms with Gasteiger partial charge in [0.2, 0.25) is 11.8 Å². The molecular weight excluding hydrogens is 356 g/mol. The summed E-state index contributed by atoms with van der Waals surface area (Å²) < 4.78 is 0.690. The maximum absolute atomic E-state index is 12.0. The average Bonchev–Trinajstić information content (AvgIpc) is 3.03. The number of aryl methyl sites for hydroxylation is 1. The number of anilines is 1. The van der Waals surface area contributed by atoms with Crippen LogP contribution in [-0.4, -0.2) is 28.5 Å². The summed E-state index contributed by atoms with van der Waals surface area (Å²) in [4.78, 5) is 39.2. The third-order valence-electron chi connectivity index (χ3n) is 2.72. The van der Waals surface area contributed by atoms with E-state index >= 15 is 0 Å². The highest BCUT2D eigenvalue weighted by Gasteiger charge is 2.15. The Morgan fingerprint density at radius 3 is 2.74 bits per heavy atom. The number of carbonyl (C=O) groups is 3. The molecule has 2 rings (SSSR count). The fourth-order valence-corrected chi connectivity index (χ4v) is 4.53. The summed E-state index contributed by atoms with van der Waals surface area (Å²) in [5, 5.41) is 4.78. The van der Waals surface area contributed by atoms with Crippen LogP contribution in [0.5, 0.6) is 0 Å². The molecule has 0 fully saturated rings. The van der Waals surface area contributed by atoms with E-state index < -0.39 is 11.8 Å². The van der Waals surface area contributed by atoms with Crippen LogP contribution in [-0.2, 0) is 16.0 Å².